The maximum Gasteiger partial charge on any atom is 0.120 e. The Balaban J connectivity index is 1.66. The van der Waals surface area contributed by atoms with Gasteiger partial charge in [0.15, 0.2) is 0 Å². The van der Waals surface area contributed by atoms with Gasteiger partial charge in [-0.2, -0.15) is 0 Å². The van der Waals surface area contributed by atoms with Gasteiger partial charge in [-0.25, -0.2) is 0 Å². The van der Waals surface area contributed by atoms with E-state index < -0.39 is 0 Å². The monoisotopic (exact) mass is 248 g/mol. The van der Waals surface area contributed by atoms with Crippen molar-refractivity contribution in [2.45, 2.75) is 19.5 Å². The molecule has 0 bridgehead atoms. The van der Waals surface area contributed by atoms with Crippen molar-refractivity contribution in [1.29, 1.82) is 0 Å². The molecule has 2 heterocycles. The van der Waals surface area contributed by atoms with Crippen LogP contribution in [0, 0.1) is 0 Å². The average Bonchev–Trinajstić information content (AvgIpc) is 3.00. The molecule has 0 aromatic carbocycles. The maximum atomic E-state index is 5.35. The summed E-state index contributed by atoms with van der Waals surface area (Å²) in [6, 6.07) is 8.06. The minimum absolute atomic E-state index is 0.247. The van der Waals surface area contributed by atoms with Crippen LogP contribution in [0.25, 0.3) is 0 Å². The lowest BCUT2D eigenvalue weighted by molar-refractivity contribution is 0.287. The lowest BCUT2D eigenvalue weighted by Gasteiger charge is -2.17. The normalized spacial score (nSPS) is 13.1. The molecule has 2 rings (SSSR count). The van der Waals surface area contributed by atoms with Crippen molar-refractivity contribution in [3.63, 3.8) is 0 Å². The van der Waals surface area contributed by atoms with Gasteiger partial charge in [-0.05, 0) is 38.2 Å². The molecular formula is C14H20N2O2. The Labute approximate surface area is 108 Å². The number of rotatable bonds is 7. The van der Waals surface area contributed by atoms with E-state index in [1.165, 1.54) is 0 Å². The molecule has 0 aliphatic rings. The molecule has 4 heteroatoms. The van der Waals surface area contributed by atoms with Gasteiger partial charge in [-0.15, -0.1) is 0 Å². The van der Waals surface area contributed by atoms with Crippen LogP contribution >= 0.6 is 0 Å². The van der Waals surface area contributed by atoms with Crippen LogP contribution in [0.15, 0.2) is 45.6 Å². The van der Waals surface area contributed by atoms with Crippen LogP contribution in [0.1, 0.15) is 24.5 Å². The first-order valence-corrected chi connectivity index (χ1v) is 6.23. The molecule has 0 spiro atoms. The average molecular weight is 248 g/mol. The van der Waals surface area contributed by atoms with E-state index in [-0.39, 0.29) is 6.04 Å². The van der Waals surface area contributed by atoms with Crippen molar-refractivity contribution < 1.29 is 8.83 Å². The summed E-state index contributed by atoms with van der Waals surface area (Å²) in [5.74, 6) is 1.97. The molecule has 0 amide bonds. The number of furan rings is 2. The van der Waals surface area contributed by atoms with Crippen LogP contribution in [-0.2, 0) is 6.54 Å². The summed E-state index contributed by atoms with van der Waals surface area (Å²) in [5, 5.41) is 3.43. The SMILES string of the molecule is CC(NCCN(C)Cc1ccco1)c1ccco1. The topological polar surface area (TPSA) is 41.5 Å². The molecule has 2 aromatic rings. The first-order valence-electron chi connectivity index (χ1n) is 6.23. The maximum absolute atomic E-state index is 5.35. The summed E-state index contributed by atoms with van der Waals surface area (Å²) in [5.41, 5.74) is 0. The third kappa shape index (κ3) is 3.75. The van der Waals surface area contributed by atoms with E-state index in [4.69, 9.17) is 8.83 Å². The number of likely N-dealkylation sites (N-methyl/N-ethyl adjacent to an activating group) is 1. The van der Waals surface area contributed by atoms with Gasteiger partial charge in [-0.3, -0.25) is 4.90 Å². The summed E-state index contributed by atoms with van der Waals surface area (Å²) >= 11 is 0. The summed E-state index contributed by atoms with van der Waals surface area (Å²) in [6.07, 6.45) is 3.41. The quantitative estimate of drug-likeness (QED) is 0.818. The molecular weight excluding hydrogens is 228 g/mol. The summed E-state index contributed by atoms with van der Waals surface area (Å²) in [7, 11) is 2.09. The number of nitrogens with zero attached hydrogens (tertiary/aromatic N) is 1. The zero-order valence-electron chi connectivity index (χ0n) is 10.9. The first kappa shape index (κ1) is 12.9. The highest BCUT2D eigenvalue weighted by Crippen LogP contribution is 2.11. The first-order chi connectivity index (χ1) is 8.75. The minimum atomic E-state index is 0.247. The second-order valence-electron chi connectivity index (χ2n) is 4.51. The number of hydrogen-bond acceptors (Lipinski definition) is 4. The van der Waals surface area contributed by atoms with Crippen molar-refractivity contribution in [3.8, 4) is 0 Å². The molecule has 2 aromatic heterocycles. The Kier molecular flexibility index (Phi) is 4.61. The zero-order chi connectivity index (χ0) is 12.8. The van der Waals surface area contributed by atoms with Gasteiger partial charge in [0.2, 0.25) is 0 Å². The van der Waals surface area contributed by atoms with Crippen LogP contribution in [0.4, 0.5) is 0 Å². The lowest BCUT2D eigenvalue weighted by atomic mass is 10.2. The van der Waals surface area contributed by atoms with Gasteiger partial charge in [0, 0.05) is 13.1 Å². The van der Waals surface area contributed by atoms with Crippen molar-refractivity contribution in [3.05, 3.63) is 48.3 Å². The molecule has 1 atom stereocenters. The predicted molar refractivity (Wildman–Crippen MR) is 70.2 cm³/mol. The van der Waals surface area contributed by atoms with Gasteiger partial charge >= 0.3 is 0 Å². The predicted octanol–water partition coefficient (Wildman–Crippen LogP) is 2.66. The molecule has 0 saturated carbocycles. The Hall–Kier alpha value is -1.52. The van der Waals surface area contributed by atoms with E-state index in [2.05, 4.69) is 24.2 Å². The standard InChI is InChI=1S/C14H20N2O2/c1-12(14-6-4-10-18-14)15-7-8-16(2)11-13-5-3-9-17-13/h3-6,9-10,12,15H,7-8,11H2,1-2H3. The van der Waals surface area contributed by atoms with E-state index >= 15 is 0 Å². The van der Waals surface area contributed by atoms with Crippen LogP contribution in [0.5, 0.6) is 0 Å². The third-order valence-electron chi connectivity index (χ3n) is 2.92. The summed E-state index contributed by atoms with van der Waals surface area (Å²) in [6.45, 7) is 4.82. The molecule has 18 heavy (non-hydrogen) atoms. The van der Waals surface area contributed by atoms with Gasteiger partial charge in [0.1, 0.15) is 11.5 Å². The Morgan fingerprint density at radius 2 is 2.00 bits per heavy atom. The number of nitrogens with one attached hydrogen (secondary N) is 1. The molecule has 98 valence electrons. The molecule has 0 radical (unpaired) electrons. The fraction of sp³-hybridized carbons (Fsp3) is 0.429. The zero-order valence-corrected chi connectivity index (χ0v) is 10.9. The van der Waals surface area contributed by atoms with Gasteiger partial charge < -0.3 is 14.2 Å². The van der Waals surface area contributed by atoms with E-state index in [1.54, 1.807) is 12.5 Å². The van der Waals surface area contributed by atoms with Gasteiger partial charge in [0.25, 0.3) is 0 Å². The number of hydrogen-bond donors (Lipinski definition) is 1. The Bertz CT molecular complexity index is 423. The van der Waals surface area contributed by atoms with Crippen LogP contribution in [0.2, 0.25) is 0 Å². The van der Waals surface area contributed by atoms with Crippen LogP contribution < -0.4 is 5.32 Å². The molecule has 0 aliphatic carbocycles. The minimum Gasteiger partial charge on any atom is -0.468 e. The molecule has 1 unspecified atom stereocenters. The summed E-state index contributed by atoms with van der Waals surface area (Å²) in [4.78, 5) is 2.22. The summed E-state index contributed by atoms with van der Waals surface area (Å²) < 4.78 is 10.7. The van der Waals surface area contributed by atoms with Gasteiger partial charge in [-0.1, -0.05) is 0 Å². The van der Waals surface area contributed by atoms with Crippen molar-refractivity contribution in [1.82, 2.24) is 10.2 Å². The Morgan fingerprint density at radius 1 is 1.22 bits per heavy atom. The Morgan fingerprint density at radius 3 is 2.67 bits per heavy atom. The molecule has 0 fully saturated rings. The van der Waals surface area contributed by atoms with E-state index in [0.717, 1.165) is 31.2 Å². The fourth-order valence-electron chi connectivity index (χ4n) is 1.86. The molecule has 1 N–H and O–H groups in total. The van der Waals surface area contributed by atoms with Crippen molar-refractivity contribution in [2.75, 3.05) is 20.1 Å². The smallest absolute Gasteiger partial charge is 0.120 e. The van der Waals surface area contributed by atoms with Crippen molar-refractivity contribution >= 4 is 0 Å². The van der Waals surface area contributed by atoms with E-state index in [1.807, 2.05) is 24.3 Å². The largest absolute Gasteiger partial charge is 0.468 e. The molecule has 0 aliphatic heterocycles. The highest BCUT2D eigenvalue weighted by atomic mass is 16.3. The second kappa shape index (κ2) is 6.42. The lowest BCUT2D eigenvalue weighted by Crippen LogP contribution is -2.30. The molecule has 4 nitrogen and oxygen atoms in total. The van der Waals surface area contributed by atoms with E-state index in [9.17, 15) is 0 Å². The van der Waals surface area contributed by atoms with Gasteiger partial charge in [0.05, 0.1) is 25.1 Å². The van der Waals surface area contributed by atoms with Crippen LogP contribution in [0.3, 0.4) is 0 Å². The highest BCUT2D eigenvalue weighted by molar-refractivity contribution is 5.02. The van der Waals surface area contributed by atoms with Crippen molar-refractivity contribution in [2.24, 2.45) is 0 Å². The van der Waals surface area contributed by atoms with Crippen LogP contribution in [-0.4, -0.2) is 25.0 Å². The van der Waals surface area contributed by atoms with E-state index in [0.29, 0.717) is 0 Å². The molecule has 0 saturated heterocycles. The fourth-order valence-corrected chi connectivity index (χ4v) is 1.86. The second-order valence-corrected chi connectivity index (χ2v) is 4.51. The highest BCUT2D eigenvalue weighted by Gasteiger charge is 2.07. The third-order valence-corrected chi connectivity index (χ3v) is 2.92.